The van der Waals surface area contributed by atoms with Gasteiger partial charge in [0, 0.05) is 42.0 Å². The summed E-state index contributed by atoms with van der Waals surface area (Å²) in [6.07, 6.45) is 9.29. The molecule has 0 N–H and O–H groups in total. The molecule has 0 saturated carbocycles. The van der Waals surface area contributed by atoms with Gasteiger partial charge in [0.1, 0.15) is 5.75 Å². The molecule has 0 spiro atoms. The molecule has 0 radical (unpaired) electrons. The molecule has 0 aliphatic rings. The average molecular weight is 384 g/mol. The van der Waals surface area contributed by atoms with Crippen LogP contribution < -0.4 is 4.74 Å². The van der Waals surface area contributed by atoms with Gasteiger partial charge in [-0.15, -0.1) is 0 Å². The van der Waals surface area contributed by atoms with Crippen LogP contribution in [0.3, 0.4) is 0 Å². The van der Waals surface area contributed by atoms with Gasteiger partial charge in [0.2, 0.25) is 5.88 Å². The number of hydrogen-bond donors (Lipinski definition) is 0. The molecule has 0 unspecified atom stereocenters. The summed E-state index contributed by atoms with van der Waals surface area (Å²) in [5.74, 6) is 1.36. The SMILES string of the molecule is CCc1ncccc1-c1cccnc1Oc1ccc(CCn2cc(C)cn2)cc1. The second-order valence-corrected chi connectivity index (χ2v) is 6.98. The lowest BCUT2D eigenvalue weighted by atomic mass is 10.0. The maximum absolute atomic E-state index is 6.13. The minimum absolute atomic E-state index is 0.593. The highest BCUT2D eigenvalue weighted by atomic mass is 16.5. The van der Waals surface area contributed by atoms with Crippen molar-refractivity contribution in [2.45, 2.75) is 33.2 Å². The van der Waals surface area contributed by atoms with Gasteiger partial charge < -0.3 is 4.74 Å². The Morgan fingerprint density at radius 3 is 2.41 bits per heavy atom. The zero-order valence-electron chi connectivity index (χ0n) is 16.7. The summed E-state index contributed by atoms with van der Waals surface area (Å²) in [6.45, 7) is 5.02. The highest BCUT2D eigenvalue weighted by Crippen LogP contribution is 2.33. The van der Waals surface area contributed by atoms with Gasteiger partial charge in [0.05, 0.1) is 6.20 Å². The van der Waals surface area contributed by atoms with Crippen molar-refractivity contribution in [2.24, 2.45) is 0 Å². The Hall–Kier alpha value is -3.47. The molecule has 0 amide bonds. The minimum atomic E-state index is 0.593. The van der Waals surface area contributed by atoms with Crippen molar-refractivity contribution >= 4 is 0 Å². The van der Waals surface area contributed by atoms with Gasteiger partial charge in [-0.2, -0.15) is 5.10 Å². The molecule has 4 aromatic rings. The number of rotatable bonds is 7. The van der Waals surface area contributed by atoms with Crippen LogP contribution in [0.2, 0.25) is 0 Å². The quantitative estimate of drug-likeness (QED) is 0.437. The molecule has 0 fully saturated rings. The first-order valence-corrected chi connectivity index (χ1v) is 9.88. The largest absolute Gasteiger partial charge is 0.438 e. The number of benzene rings is 1. The standard InChI is InChI=1S/C24H24N4O/c1-3-23-21(6-4-13-25-23)22-7-5-14-26-24(22)29-20-10-8-19(9-11-20)12-15-28-17-18(2)16-27-28/h4-11,13-14,16-17H,3,12,15H2,1-2H3. The summed E-state index contributed by atoms with van der Waals surface area (Å²) in [4.78, 5) is 8.95. The smallest absolute Gasteiger partial charge is 0.227 e. The van der Waals surface area contributed by atoms with Gasteiger partial charge in [0.15, 0.2) is 0 Å². The van der Waals surface area contributed by atoms with E-state index in [1.807, 2.05) is 47.4 Å². The third-order valence-corrected chi connectivity index (χ3v) is 4.82. The van der Waals surface area contributed by atoms with E-state index in [9.17, 15) is 0 Å². The van der Waals surface area contributed by atoms with Crippen molar-refractivity contribution in [3.05, 3.63) is 90.1 Å². The molecule has 0 aliphatic heterocycles. The van der Waals surface area contributed by atoms with E-state index in [1.54, 1.807) is 6.20 Å². The van der Waals surface area contributed by atoms with E-state index < -0.39 is 0 Å². The predicted octanol–water partition coefficient (Wildman–Crippen LogP) is 5.25. The average Bonchev–Trinajstić information content (AvgIpc) is 3.19. The highest BCUT2D eigenvalue weighted by molar-refractivity contribution is 5.70. The third kappa shape index (κ3) is 4.51. The number of aromatic nitrogens is 4. The number of nitrogens with zero attached hydrogens (tertiary/aromatic N) is 4. The van der Waals surface area contributed by atoms with Crippen LogP contribution in [0.15, 0.2) is 73.3 Å². The zero-order chi connectivity index (χ0) is 20.1. The van der Waals surface area contributed by atoms with Gasteiger partial charge in [-0.1, -0.05) is 25.1 Å². The van der Waals surface area contributed by atoms with Gasteiger partial charge >= 0.3 is 0 Å². The van der Waals surface area contributed by atoms with Crippen molar-refractivity contribution in [3.8, 4) is 22.8 Å². The van der Waals surface area contributed by atoms with Crippen LogP contribution in [0.25, 0.3) is 11.1 Å². The fourth-order valence-electron chi connectivity index (χ4n) is 3.31. The van der Waals surface area contributed by atoms with Gasteiger partial charge in [-0.25, -0.2) is 4.98 Å². The number of aryl methyl sites for hydroxylation is 4. The maximum atomic E-state index is 6.13. The lowest BCUT2D eigenvalue weighted by Crippen LogP contribution is -2.01. The molecule has 0 atom stereocenters. The van der Waals surface area contributed by atoms with Crippen LogP contribution in [0.1, 0.15) is 23.7 Å². The van der Waals surface area contributed by atoms with Crippen molar-refractivity contribution in [1.29, 1.82) is 0 Å². The molecular formula is C24H24N4O. The lowest BCUT2D eigenvalue weighted by Gasteiger charge is -2.12. The van der Waals surface area contributed by atoms with Crippen molar-refractivity contribution in [1.82, 2.24) is 19.7 Å². The van der Waals surface area contributed by atoms with Gasteiger partial charge in [-0.3, -0.25) is 9.67 Å². The first kappa shape index (κ1) is 18.9. The zero-order valence-corrected chi connectivity index (χ0v) is 16.7. The van der Waals surface area contributed by atoms with E-state index in [4.69, 9.17) is 4.74 Å². The van der Waals surface area contributed by atoms with E-state index in [0.717, 1.165) is 42.0 Å². The van der Waals surface area contributed by atoms with Crippen molar-refractivity contribution in [3.63, 3.8) is 0 Å². The molecule has 0 bridgehead atoms. The van der Waals surface area contributed by atoms with Crippen molar-refractivity contribution < 1.29 is 4.74 Å². The summed E-state index contributed by atoms with van der Waals surface area (Å²) in [6, 6.07) is 16.1. The lowest BCUT2D eigenvalue weighted by molar-refractivity contribution is 0.464. The van der Waals surface area contributed by atoms with Crippen LogP contribution in [-0.4, -0.2) is 19.7 Å². The first-order chi connectivity index (χ1) is 14.2. The maximum Gasteiger partial charge on any atom is 0.227 e. The Labute approximate surface area is 171 Å². The Morgan fingerprint density at radius 1 is 0.931 bits per heavy atom. The second-order valence-electron chi connectivity index (χ2n) is 6.98. The molecule has 0 saturated heterocycles. The molecule has 1 aromatic carbocycles. The van der Waals surface area contributed by atoms with E-state index in [1.165, 1.54) is 11.1 Å². The Balaban J connectivity index is 1.50. The number of pyridine rings is 2. The van der Waals surface area contributed by atoms with Gasteiger partial charge in [0.25, 0.3) is 0 Å². The summed E-state index contributed by atoms with van der Waals surface area (Å²) in [5.41, 5.74) is 5.47. The molecule has 29 heavy (non-hydrogen) atoms. The van der Waals surface area contributed by atoms with E-state index >= 15 is 0 Å². The number of ether oxygens (including phenoxy) is 1. The topological polar surface area (TPSA) is 52.8 Å². The van der Waals surface area contributed by atoms with Crippen molar-refractivity contribution in [2.75, 3.05) is 0 Å². The fourth-order valence-corrected chi connectivity index (χ4v) is 3.31. The molecule has 3 heterocycles. The molecule has 5 nitrogen and oxygen atoms in total. The number of hydrogen-bond acceptors (Lipinski definition) is 4. The summed E-state index contributed by atoms with van der Waals surface area (Å²) in [7, 11) is 0. The molecule has 4 rings (SSSR count). The van der Waals surface area contributed by atoms with Crippen LogP contribution >= 0.6 is 0 Å². The normalized spacial score (nSPS) is 10.8. The van der Waals surface area contributed by atoms with E-state index in [2.05, 4.69) is 53.3 Å². The molecule has 0 aliphatic carbocycles. The Kier molecular flexibility index (Phi) is 5.66. The molecule has 3 aromatic heterocycles. The summed E-state index contributed by atoms with van der Waals surface area (Å²) < 4.78 is 8.10. The van der Waals surface area contributed by atoms with Crippen LogP contribution in [0, 0.1) is 6.92 Å². The van der Waals surface area contributed by atoms with Crippen LogP contribution in [0.5, 0.6) is 11.6 Å². The summed E-state index contributed by atoms with van der Waals surface area (Å²) in [5, 5.41) is 4.34. The van der Waals surface area contributed by atoms with Gasteiger partial charge in [-0.05, 0) is 61.2 Å². The third-order valence-electron chi connectivity index (χ3n) is 4.82. The first-order valence-electron chi connectivity index (χ1n) is 9.88. The Bertz CT molecular complexity index is 1090. The van der Waals surface area contributed by atoms with Crippen LogP contribution in [0.4, 0.5) is 0 Å². The molecule has 5 heteroatoms. The van der Waals surface area contributed by atoms with E-state index in [0.29, 0.717) is 5.88 Å². The molecule has 146 valence electrons. The van der Waals surface area contributed by atoms with E-state index in [-0.39, 0.29) is 0 Å². The summed E-state index contributed by atoms with van der Waals surface area (Å²) >= 11 is 0. The highest BCUT2D eigenvalue weighted by Gasteiger charge is 2.12. The second kappa shape index (κ2) is 8.69. The monoisotopic (exact) mass is 384 g/mol. The molecular weight excluding hydrogens is 360 g/mol. The predicted molar refractivity (Wildman–Crippen MR) is 114 cm³/mol. The fraction of sp³-hybridized carbons (Fsp3) is 0.208. The minimum Gasteiger partial charge on any atom is -0.438 e. The van der Waals surface area contributed by atoms with Crippen LogP contribution in [-0.2, 0) is 19.4 Å². The Morgan fingerprint density at radius 2 is 1.69 bits per heavy atom.